The van der Waals surface area contributed by atoms with Crippen LogP contribution in [0.3, 0.4) is 0 Å². The van der Waals surface area contributed by atoms with Crippen LogP contribution in [0.1, 0.15) is 89.7 Å². The van der Waals surface area contributed by atoms with Crippen LogP contribution in [0.4, 0.5) is 0 Å². The summed E-state index contributed by atoms with van der Waals surface area (Å²) in [4.78, 5) is 5.07. The molecule has 1 aromatic carbocycles. The smallest absolute Gasteiger partial charge is 0.133 e. The zero-order valence-electron chi connectivity index (χ0n) is 16.1. The van der Waals surface area contributed by atoms with Gasteiger partial charge < -0.3 is 9.84 Å². The Balaban J connectivity index is 1.91. The number of unbranched alkanes of at least 4 members (excludes halogenated alkanes) is 2. The van der Waals surface area contributed by atoms with Crippen LogP contribution in [0.25, 0.3) is 0 Å². The second-order valence-corrected chi connectivity index (χ2v) is 8.35. The average molecular weight is 344 g/mol. The molecule has 1 fully saturated rings. The van der Waals surface area contributed by atoms with Crippen LogP contribution < -0.4 is 4.74 Å². The van der Waals surface area contributed by atoms with Gasteiger partial charge in [-0.1, -0.05) is 39.0 Å². The quantitative estimate of drug-likeness (QED) is 0.686. The number of phenols is 1. The summed E-state index contributed by atoms with van der Waals surface area (Å²) in [5, 5.41) is 10.7. The molecule has 1 aliphatic carbocycles. The molecule has 0 spiro atoms. The first-order valence-corrected chi connectivity index (χ1v) is 10.1. The van der Waals surface area contributed by atoms with E-state index >= 15 is 0 Å². The highest BCUT2D eigenvalue weighted by molar-refractivity contribution is 6.06. The van der Waals surface area contributed by atoms with Crippen LogP contribution in [0.15, 0.2) is 17.1 Å². The van der Waals surface area contributed by atoms with E-state index in [2.05, 4.69) is 26.8 Å². The number of rotatable bonds is 5. The first-order chi connectivity index (χ1) is 12.0. The first-order valence-electron chi connectivity index (χ1n) is 10.1. The van der Waals surface area contributed by atoms with Crippen LogP contribution >= 0.6 is 0 Å². The number of aryl methyl sites for hydroxylation is 1. The lowest BCUT2D eigenvalue weighted by atomic mass is 9.89. The number of aromatic hydroxyl groups is 1. The fourth-order valence-corrected chi connectivity index (χ4v) is 4.12. The summed E-state index contributed by atoms with van der Waals surface area (Å²) in [5.41, 5.74) is 2.77. The second kappa shape index (κ2) is 7.80. The lowest BCUT2D eigenvalue weighted by molar-refractivity contribution is 0.110. The molecule has 1 saturated carbocycles. The van der Waals surface area contributed by atoms with Crippen molar-refractivity contribution in [2.45, 2.75) is 96.6 Å². The van der Waals surface area contributed by atoms with Gasteiger partial charge in [-0.25, -0.2) is 0 Å². The Morgan fingerprint density at radius 2 is 1.92 bits per heavy atom. The highest BCUT2D eigenvalue weighted by Gasteiger charge is 2.34. The van der Waals surface area contributed by atoms with E-state index in [-0.39, 0.29) is 5.60 Å². The third-order valence-electron chi connectivity index (χ3n) is 5.39. The molecule has 0 radical (unpaired) electrons. The summed E-state index contributed by atoms with van der Waals surface area (Å²) < 4.78 is 6.23. The molecule has 3 nitrogen and oxygen atoms in total. The third-order valence-corrected chi connectivity index (χ3v) is 5.39. The first kappa shape index (κ1) is 18.3. The Kier molecular flexibility index (Phi) is 5.71. The number of nitrogens with zero attached hydrogens (tertiary/aromatic N) is 1. The Labute approximate surface area is 152 Å². The molecule has 138 valence electrons. The Morgan fingerprint density at radius 3 is 2.64 bits per heavy atom. The van der Waals surface area contributed by atoms with Crippen molar-refractivity contribution in [1.29, 1.82) is 0 Å². The van der Waals surface area contributed by atoms with E-state index < -0.39 is 0 Å². The minimum atomic E-state index is -0.269. The van der Waals surface area contributed by atoms with E-state index in [1.54, 1.807) is 0 Å². The van der Waals surface area contributed by atoms with Crippen molar-refractivity contribution in [1.82, 2.24) is 0 Å². The molecule has 0 saturated heterocycles. The largest absolute Gasteiger partial charge is 0.507 e. The topological polar surface area (TPSA) is 41.8 Å². The van der Waals surface area contributed by atoms with Crippen LogP contribution in [-0.4, -0.2) is 22.5 Å². The zero-order valence-corrected chi connectivity index (χ0v) is 16.1. The maximum atomic E-state index is 10.7. The number of fused-ring (bicyclic) bond motifs is 1. The van der Waals surface area contributed by atoms with Gasteiger partial charge in [0.15, 0.2) is 0 Å². The standard InChI is InChI=1S/C22H33NO2/c1-4-5-7-10-16-13-19(24)21-18(23-17-11-8-6-9-12-17)15-22(2,3)25-20(21)14-16/h13-14,17,24H,4-12,15H2,1-3H3. The Hall–Kier alpha value is -1.51. The van der Waals surface area contributed by atoms with Gasteiger partial charge in [-0.15, -0.1) is 0 Å². The highest BCUT2D eigenvalue weighted by Crippen LogP contribution is 2.40. The van der Waals surface area contributed by atoms with Gasteiger partial charge in [-0.05, 0) is 57.2 Å². The number of hydrogen-bond acceptors (Lipinski definition) is 3. The maximum absolute atomic E-state index is 10.7. The van der Waals surface area contributed by atoms with Gasteiger partial charge >= 0.3 is 0 Å². The number of aliphatic imine (C=N–C) groups is 1. The van der Waals surface area contributed by atoms with Gasteiger partial charge in [-0.3, -0.25) is 4.99 Å². The normalized spacial score (nSPS) is 21.8. The van der Waals surface area contributed by atoms with Crippen molar-refractivity contribution in [3.8, 4) is 11.5 Å². The van der Waals surface area contributed by atoms with Gasteiger partial charge in [0.25, 0.3) is 0 Å². The molecule has 0 aromatic heterocycles. The Bertz CT molecular complexity index is 627. The van der Waals surface area contributed by atoms with Crippen molar-refractivity contribution in [3.05, 3.63) is 23.3 Å². The molecule has 0 bridgehead atoms. The van der Waals surface area contributed by atoms with Crippen molar-refractivity contribution in [2.75, 3.05) is 0 Å². The summed E-state index contributed by atoms with van der Waals surface area (Å²) in [6.07, 6.45) is 11.6. The van der Waals surface area contributed by atoms with E-state index in [1.165, 1.54) is 50.5 Å². The molecule has 0 atom stereocenters. The molecule has 0 unspecified atom stereocenters. The van der Waals surface area contributed by atoms with Crippen LogP contribution in [0.5, 0.6) is 11.5 Å². The maximum Gasteiger partial charge on any atom is 0.133 e. The number of hydrogen-bond donors (Lipinski definition) is 1. The predicted molar refractivity (Wildman–Crippen MR) is 104 cm³/mol. The summed E-state index contributed by atoms with van der Waals surface area (Å²) in [6.45, 7) is 6.45. The van der Waals surface area contributed by atoms with Crippen LogP contribution in [0.2, 0.25) is 0 Å². The van der Waals surface area contributed by atoms with E-state index in [4.69, 9.17) is 9.73 Å². The molecule has 2 aliphatic rings. The van der Waals surface area contributed by atoms with Crippen molar-refractivity contribution < 1.29 is 9.84 Å². The van der Waals surface area contributed by atoms with Crippen LogP contribution in [0, 0.1) is 0 Å². The number of benzene rings is 1. The fraction of sp³-hybridized carbons (Fsp3) is 0.682. The van der Waals surface area contributed by atoms with E-state index in [0.717, 1.165) is 36.3 Å². The second-order valence-electron chi connectivity index (χ2n) is 8.35. The van der Waals surface area contributed by atoms with Gasteiger partial charge in [0.1, 0.15) is 17.1 Å². The molecular weight excluding hydrogens is 310 g/mol. The van der Waals surface area contributed by atoms with Crippen molar-refractivity contribution in [3.63, 3.8) is 0 Å². The number of phenolic OH excluding ortho intramolecular Hbond substituents is 1. The van der Waals surface area contributed by atoms with Gasteiger partial charge in [0.2, 0.25) is 0 Å². The number of ether oxygens (including phenoxy) is 1. The third kappa shape index (κ3) is 4.56. The molecule has 0 amide bonds. The lowest BCUT2D eigenvalue weighted by Gasteiger charge is -2.35. The van der Waals surface area contributed by atoms with Gasteiger partial charge in [0, 0.05) is 6.42 Å². The monoisotopic (exact) mass is 343 g/mol. The summed E-state index contributed by atoms with van der Waals surface area (Å²) >= 11 is 0. The highest BCUT2D eigenvalue weighted by atomic mass is 16.5. The molecule has 3 rings (SSSR count). The van der Waals surface area contributed by atoms with E-state index in [1.807, 2.05) is 6.07 Å². The minimum absolute atomic E-state index is 0.269. The van der Waals surface area contributed by atoms with Gasteiger partial charge in [0.05, 0.1) is 17.3 Å². The summed E-state index contributed by atoms with van der Waals surface area (Å²) in [6, 6.07) is 4.46. The van der Waals surface area contributed by atoms with E-state index in [9.17, 15) is 5.11 Å². The summed E-state index contributed by atoms with van der Waals surface area (Å²) in [7, 11) is 0. The van der Waals surface area contributed by atoms with Gasteiger partial charge in [-0.2, -0.15) is 0 Å². The average Bonchev–Trinajstić information content (AvgIpc) is 2.54. The molecule has 3 heteroatoms. The predicted octanol–water partition coefficient (Wildman–Crippen LogP) is 5.81. The molecule has 1 heterocycles. The molecule has 25 heavy (non-hydrogen) atoms. The van der Waals surface area contributed by atoms with Crippen molar-refractivity contribution >= 4 is 5.71 Å². The fourth-order valence-electron chi connectivity index (χ4n) is 4.12. The van der Waals surface area contributed by atoms with Crippen molar-refractivity contribution in [2.24, 2.45) is 4.99 Å². The molecular formula is C22H33NO2. The Morgan fingerprint density at radius 1 is 1.16 bits per heavy atom. The molecule has 1 aromatic rings. The lowest BCUT2D eigenvalue weighted by Crippen LogP contribution is -2.37. The SMILES string of the molecule is CCCCCc1cc(O)c2c(c1)OC(C)(C)CC2=NC1CCCCC1. The van der Waals surface area contributed by atoms with Crippen LogP contribution in [-0.2, 0) is 6.42 Å². The zero-order chi connectivity index (χ0) is 17.9. The summed E-state index contributed by atoms with van der Waals surface area (Å²) in [5.74, 6) is 1.16. The molecule has 1 N–H and O–H groups in total. The molecule has 1 aliphatic heterocycles. The minimum Gasteiger partial charge on any atom is -0.507 e. The van der Waals surface area contributed by atoms with E-state index in [0.29, 0.717) is 11.8 Å².